The topological polar surface area (TPSA) is 23.8 Å². The normalized spacial score (nSPS) is 19.0. The molecule has 2 aromatic rings. The van der Waals surface area contributed by atoms with Gasteiger partial charge in [0.1, 0.15) is 11.6 Å². The number of nitrogens with zero attached hydrogens (tertiary/aromatic N) is 1. The third-order valence-electron chi connectivity index (χ3n) is 5.28. The lowest BCUT2D eigenvalue weighted by molar-refractivity contribution is 0.384. The van der Waals surface area contributed by atoms with E-state index in [0.717, 1.165) is 32.1 Å². The minimum atomic E-state index is -0.558. The third kappa shape index (κ3) is 4.75. The molecule has 3 heteroatoms. The fraction of sp³-hybridized carbons (Fsp3) is 0.375. The Morgan fingerprint density at radius 3 is 2.19 bits per heavy atom. The summed E-state index contributed by atoms with van der Waals surface area (Å²) in [5.74, 6) is 5.37. The van der Waals surface area contributed by atoms with E-state index in [2.05, 4.69) is 17.9 Å². The van der Waals surface area contributed by atoms with Crippen molar-refractivity contribution in [3.8, 4) is 17.9 Å². The highest BCUT2D eigenvalue weighted by Gasteiger charge is 2.21. The smallest absolute Gasteiger partial charge is 0.142 e. The van der Waals surface area contributed by atoms with Gasteiger partial charge in [-0.15, -0.1) is 0 Å². The van der Waals surface area contributed by atoms with Crippen LogP contribution in [0.4, 0.5) is 8.78 Å². The summed E-state index contributed by atoms with van der Waals surface area (Å²) in [4.78, 5) is 0. The molecule has 0 atom stereocenters. The van der Waals surface area contributed by atoms with Crippen LogP contribution in [-0.2, 0) is 6.42 Å². The molecule has 0 radical (unpaired) electrons. The molecule has 0 amide bonds. The molecule has 1 saturated carbocycles. The zero-order valence-corrected chi connectivity index (χ0v) is 15.6. The van der Waals surface area contributed by atoms with Crippen LogP contribution < -0.4 is 0 Å². The van der Waals surface area contributed by atoms with Gasteiger partial charge in [0, 0.05) is 5.92 Å². The molecular formula is C24H23F2N. The van der Waals surface area contributed by atoms with Crippen LogP contribution in [0.5, 0.6) is 0 Å². The van der Waals surface area contributed by atoms with Gasteiger partial charge in [-0.05, 0) is 73.4 Å². The minimum Gasteiger partial charge on any atom is -0.206 e. The largest absolute Gasteiger partial charge is 0.206 e. The van der Waals surface area contributed by atoms with Crippen LogP contribution in [0.1, 0.15) is 67.2 Å². The fourth-order valence-corrected chi connectivity index (χ4v) is 3.75. The Labute approximate surface area is 160 Å². The maximum atomic E-state index is 14.2. The van der Waals surface area contributed by atoms with Gasteiger partial charge >= 0.3 is 0 Å². The summed E-state index contributed by atoms with van der Waals surface area (Å²) in [5.41, 5.74) is 2.50. The van der Waals surface area contributed by atoms with E-state index in [-0.39, 0.29) is 11.5 Å². The Kier molecular flexibility index (Phi) is 6.25. The summed E-state index contributed by atoms with van der Waals surface area (Å²) in [6.45, 7) is 1.98. The fourth-order valence-electron chi connectivity index (χ4n) is 3.75. The van der Waals surface area contributed by atoms with Gasteiger partial charge in [0.25, 0.3) is 0 Å². The summed E-state index contributed by atoms with van der Waals surface area (Å²) in [7, 11) is 0. The van der Waals surface area contributed by atoms with Crippen molar-refractivity contribution in [2.45, 2.75) is 51.4 Å². The van der Waals surface area contributed by atoms with E-state index in [9.17, 15) is 8.78 Å². The second-order valence-electron chi connectivity index (χ2n) is 7.24. The standard InChI is InChI=1S/C24H23F2N/c1-2-3-19-14-23(25)22(24(26)15-19)13-8-17-4-9-20(10-5-17)21-11-6-18(16-27)7-12-21/h6-7,11-12,14-15,17,20H,2-5,9-10H2,1H3/t17-,20-. The van der Waals surface area contributed by atoms with Gasteiger partial charge in [-0.2, -0.15) is 5.26 Å². The average molecular weight is 363 g/mol. The molecule has 0 bridgehead atoms. The van der Waals surface area contributed by atoms with Crippen molar-refractivity contribution in [1.29, 1.82) is 5.26 Å². The average Bonchev–Trinajstić information content (AvgIpc) is 2.68. The van der Waals surface area contributed by atoms with Crippen LogP contribution in [-0.4, -0.2) is 0 Å². The Balaban J connectivity index is 1.64. The molecule has 0 N–H and O–H groups in total. The maximum Gasteiger partial charge on any atom is 0.142 e. The van der Waals surface area contributed by atoms with Gasteiger partial charge in [0.2, 0.25) is 0 Å². The van der Waals surface area contributed by atoms with Gasteiger partial charge in [0.05, 0.1) is 17.2 Å². The number of halogens is 2. The number of rotatable bonds is 3. The lowest BCUT2D eigenvalue weighted by atomic mass is 9.79. The first-order valence-corrected chi connectivity index (χ1v) is 9.60. The molecular weight excluding hydrogens is 340 g/mol. The van der Waals surface area contributed by atoms with E-state index in [0.29, 0.717) is 23.5 Å². The van der Waals surface area contributed by atoms with Crippen molar-refractivity contribution in [2.24, 2.45) is 5.92 Å². The lowest BCUT2D eigenvalue weighted by Gasteiger charge is -2.26. The van der Waals surface area contributed by atoms with Gasteiger partial charge < -0.3 is 0 Å². The van der Waals surface area contributed by atoms with Crippen molar-refractivity contribution in [1.82, 2.24) is 0 Å². The number of aryl methyl sites for hydroxylation is 1. The molecule has 2 aromatic carbocycles. The van der Waals surface area contributed by atoms with Crippen molar-refractivity contribution in [2.75, 3.05) is 0 Å². The SMILES string of the molecule is CCCc1cc(F)c(C#C[C@H]2CC[C@H](c3ccc(C#N)cc3)CC2)c(F)c1. The first kappa shape index (κ1) is 19.1. The van der Waals surface area contributed by atoms with E-state index < -0.39 is 11.6 Å². The molecule has 0 saturated heterocycles. The first-order valence-electron chi connectivity index (χ1n) is 9.60. The van der Waals surface area contributed by atoms with E-state index in [1.807, 2.05) is 31.2 Å². The number of nitriles is 1. The zero-order chi connectivity index (χ0) is 19.2. The van der Waals surface area contributed by atoms with E-state index in [4.69, 9.17) is 5.26 Å². The molecule has 138 valence electrons. The quantitative estimate of drug-likeness (QED) is 0.603. The third-order valence-corrected chi connectivity index (χ3v) is 5.28. The Hall–Kier alpha value is -2.65. The molecule has 0 aromatic heterocycles. The maximum absolute atomic E-state index is 14.2. The summed E-state index contributed by atoms with van der Waals surface area (Å²) >= 11 is 0. The molecule has 1 aliphatic carbocycles. The molecule has 1 nitrogen and oxygen atoms in total. The molecule has 0 aliphatic heterocycles. The zero-order valence-electron chi connectivity index (χ0n) is 15.6. The second kappa shape index (κ2) is 8.83. The second-order valence-corrected chi connectivity index (χ2v) is 7.24. The highest BCUT2D eigenvalue weighted by Crippen LogP contribution is 2.35. The van der Waals surface area contributed by atoms with E-state index in [1.54, 1.807) is 0 Å². The van der Waals surface area contributed by atoms with Crippen LogP contribution >= 0.6 is 0 Å². The van der Waals surface area contributed by atoms with Crippen molar-refractivity contribution < 1.29 is 8.78 Å². The number of hydrogen-bond acceptors (Lipinski definition) is 1. The predicted octanol–water partition coefficient (Wildman–Crippen LogP) is 6.11. The van der Waals surface area contributed by atoms with Crippen LogP contribution in [0.2, 0.25) is 0 Å². The molecule has 1 aliphatic rings. The molecule has 27 heavy (non-hydrogen) atoms. The molecule has 0 unspecified atom stereocenters. The van der Waals surface area contributed by atoms with Gasteiger partial charge in [-0.25, -0.2) is 8.78 Å². The van der Waals surface area contributed by atoms with Gasteiger partial charge in [-0.1, -0.05) is 37.3 Å². The molecule has 1 fully saturated rings. The highest BCUT2D eigenvalue weighted by atomic mass is 19.1. The summed E-state index contributed by atoms with van der Waals surface area (Å²) in [6, 6.07) is 12.7. The monoisotopic (exact) mass is 363 g/mol. The summed E-state index contributed by atoms with van der Waals surface area (Å²) in [5, 5.41) is 8.89. The minimum absolute atomic E-state index is 0.107. The number of benzene rings is 2. The Morgan fingerprint density at radius 1 is 1.00 bits per heavy atom. The molecule has 3 rings (SSSR count). The van der Waals surface area contributed by atoms with Crippen molar-refractivity contribution in [3.63, 3.8) is 0 Å². The molecule has 0 heterocycles. The van der Waals surface area contributed by atoms with Gasteiger partial charge in [0.15, 0.2) is 0 Å². The number of hydrogen-bond donors (Lipinski definition) is 0. The van der Waals surface area contributed by atoms with E-state index in [1.165, 1.54) is 17.7 Å². The predicted molar refractivity (Wildman–Crippen MR) is 103 cm³/mol. The van der Waals surface area contributed by atoms with E-state index >= 15 is 0 Å². The van der Waals surface area contributed by atoms with Crippen LogP contribution in [0.3, 0.4) is 0 Å². The summed E-state index contributed by atoms with van der Waals surface area (Å²) < 4.78 is 28.3. The van der Waals surface area contributed by atoms with Gasteiger partial charge in [-0.3, -0.25) is 0 Å². The van der Waals surface area contributed by atoms with Crippen molar-refractivity contribution >= 4 is 0 Å². The molecule has 0 spiro atoms. The Morgan fingerprint density at radius 2 is 1.63 bits per heavy atom. The van der Waals surface area contributed by atoms with Crippen LogP contribution in [0.25, 0.3) is 0 Å². The summed E-state index contributed by atoms with van der Waals surface area (Å²) in [6.07, 6.45) is 5.38. The van der Waals surface area contributed by atoms with Crippen LogP contribution in [0, 0.1) is 40.7 Å². The highest BCUT2D eigenvalue weighted by molar-refractivity contribution is 5.40. The lowest BCUT2D eigenvalue weighted by Crippen LogP contribution is -2.12. The van der Waals surface area contributed by atoms with Crippen molar-refractivity contribution in [3.05, 3.63) is 70.3 Å². The Bertz CT molecular complexity index is 866. The first-order chi connectivity index (χ1) is 13.1. The van der Waals surface area contributed by atoms with Crippen LogP contribution in [0.15, 0.2) is 36.4 Å².